The number of piperidine rings is 1. The second kappa shape index (κ2) is 7.14. The SMILES string of the molecule is O=C(Nc1ccc2c(c1)COC1(CCN(C3CCC3)CC1)O2)c1ccncn1. The van der Waals surface area contributed by atoms with Gasteiger partial charge < -0.3 is 14.8 Å². The summed E-state index contributed by atoms with van der Waals surface area (Å²) < 4.78 is 12.5. The van der Waals surface area contributed by atoms with Gasteiger partial charge in [-0.25, -0.2) is 9.97 Å². The van der Waals surface area contributed by atoms with Crippen molar-refractivity contribution in [3.63, 3.8) is 0 Å². The van der Waals surface area contributed by atoms with Gasteiger partial charge in [0.05, 0.1) is 6.61 Å². The highest BCUT2D eigenvalue weighted by atomic mass is 16.7. The average molecular weight is 380 g/mol. The molecule has 1 saturated heterocycles. The molecule has 1 aliphatic carbocycles. The molecule has 0 radical (unpaired) electrons. The Balaban J connectivity index is 1.24. The first-order valence-corrected chi connectivity index (χ1v) is 9.98. The van der Waals surface area contributed by atoms with Crippen LogP contribution in [0.15, 0.2) is 36.8 Å². The molecule has 1 N–H and O–H groups in total. The number of rotatable bonds is 3. The molecule has 2 aliphatic heterocycles. The van der Waals surface area contributed by atoms with Crippen molar-refractivity contribution in [1.82, 2.24) is 14.9 Å². The largest absolute Gasteiger partial charge is 0.462 e. The van der Waals surface area contributed by atoms with Crippen LogP contribution in [0.4, 0.5) is 5.69 Å². The Morgan fingerprint density at radius 3 is 2.79 bits per heavy atom. The molecule has 2 fully saturated rings. The lowest BCUT2D eigenvalue weighted by Gasteiger charge is -2.47. The Kier molecular flexibility index (Phi) is 4.49. The summed E-state index contributed by atoms with van der Waals surface area (Å²) in [6, 6.07) is 8.05. The van der Waals surface area contributed by atoms with E-state index in [1.54, 1.807) is 12.3 Å². The van der Waals surface area contributed by atoms with Crippen molar-refractivity contribution in [2.24, 2.45) is 0 Å². The average Bonchev–Trinajstić information content (AvgIpc) is 2.69. The lowest BCUT2D eigenvalue weighted by Crippen LogP contribution is -2.54. The van der Waals surface area contributed by atoms with Gasteiger partial charge in [-0.15, -0.1) is 0 Å². The topological polar surface area (TPSA) is 76.6 Å². The minimum Gasteiger partial charge on any atom is -0.462 e. The van der Waals surface area contributed by atoms with E-state index in [9.17, 15) is 4.79 Å². The monoisotopic (exact) mass is 380 g/mol. The van der Waals surface area contributed by atoms with Crippen molar-refractivity contribution < 1.29 is 14.3 Å². The highest BCUT2D eigenvalue weighted by molar-refractivity contribution is 6.02. The third-order valence-electron chi connectivity index (χ3n) is 6.07. The number of nitrogens with one attached hydrogen (secondary N) is 1. The Bertz CT molecular complexity index is 861. The number of ether oxygens (including phenoxy) is 2. The van der Waals surface area contributed by atoms with Gasteiger partial charge in [-0.1, -0.05) is 6.42 Å². The fourth-order valence-corrected chi connectivity index (χ4v) is 4.16. The van der Waals surface area contributed by atoms with Crippen LogP contribution < -0.4 is 10.1 Å². The smallest absolute Gasteiger partial charge is 0.274 e. The summed E-state index contributed by atoms with van der Waals surface area (Å²) in [4.78, 5) is 22.7. The van der Waals surface area contributed by atoms with Crippen molar-refractivity contribution in [2.45, 2.75) is 50.5 Å². The first-order chi connectivity index (χ1) is 13.7. The van der Waals surface area contributed by atoms with Crippen LogP contribution in [0, 0.1) is 0 Å². The van der Waals surface area contributed by atoms with E-state index in [4.69, 9.17) is 9.47 Å². The molecule has 5 rings (SSSR count). The van der Waals surface area contributed by atoms with E-state index in [0.29, 0.717) is 18.0 Å². The molecular formula is C21H24N4O3. The predicted molar refractivity (Wildman–Crippen MR) is 103 cm³/mol. The van der Waals surface area contributed by atoms with Crippen LogP contribution in [-0.2, 0) is 11.3 Å². The molecule has 0 bridgehead atoms. The van der Waals surface area contributed by atoms with Crippen molar-refractivity contribution in [3.8, 4) is 5.75 Å². The van der Waals surface area contributed by atoms with E-state index >= 15 is 0 Å². The van der Waals surface area contributed by atoms with Crippen LogP contribution in [0.5, 0.6) is 5.75 Å². The maximum Gasteiger partial charge on any atom is 0.274 e. The molecule has 1 aromatic heterocycles. The van der Waals surface area contributed by atoms with E-state index in [1.807, 2.05) is 18.2 Å². The third-order valence-corrected chi connectivity index (χ3v) is 6.07. The molecule has 7 nitrogen and oxygen atoms in total. The van der Waals surface area contributed by atoms with Gasteiger partial charge in [0.1, 0.15) is 17.8 Å². The number of fused-ring (bicyclic) bond motifs is 1. The Morgan fingerprint density at radius 2 is 2.07 bits per heavy atom. The summed E-state index contributed by atoms with van der Waals surface area (Å²) in [5, 5.41) is 2.86. The minimum absolute atomic E-state index is 0.264. The molecule has 146 valence electrons. The number of hydrogen-bond donors (Lipinski definition) is 1. The fraction of sp³-hybridized carbons (Fsp3) is 0.476. The Hall–Kier alpha value is -2.51. The second-order valence-electron chi connectivity index (χ2n) is 7.79. The van der Waals surface area contributed by atoms with Gasteiger partial charge in [-0.3, -0.25) is 9.69 Å². The number of amides is 1. The molecule has 1 amide bonds. The normalized spacial score (nSPS) is 21.4. The summed E-state index contributed by atoms with van der Waals surface area (Å²) >= 11 is 0. The number of carbonyl (C=O) groups excluding carboxylic acids is 1. The molecule has 3 aliphatic rings. The Morgan fingerprint density at radius 1 is 1.21 bits per heavy atom. The number of carbonyl (C=O) groups is 1. The maximum absolute atomic E-state index is 12.3. The van der Waals surface area contributed by atoms with Crippen LogP contribution >= 0.6 is 0 Å². The van der Waals surface area contributed by atoms with Gasteiger partial charge in [-0.05, 0) is 37.1 Å². The van der Waals surface area contributed by atoms with Crippen molar-refractivity contribution in [2.75, 3.05) is 18.4 Å². The molecule has 28 heavy (non-hydrogen) atoms. The zero-order chi connectivity index (χ0) is 19.0. The van der Waals surface area contributed by atoms with Gasteiger partial charge >= 0.3 is 0 Å². The lowest BCUT2D eigenvalue weighted by molar-refractivity contribution is -0.231. The number of anilines is 1. The van der Waals surface area contributed by atoms with E-state index < -0.39 is 5.79 Å². The first-order valence-electron chi connectivity index (χ1n) is 9.98. The van der Waals surface area contributed by atoms with Crippen LogP contribution in [0.1, 0.15) is 48.2 Å². The minimum atomic E-state index is -0.501. The number of hydrogen-bond acceptors (Lipinski definition) is 6. The molecule has 1 saturated carbocycles. The van der Waals surface area contributed by atoms with Crippen molar-refractivity contribution in [1.29, 1.82) is 0 Å². The molecule has 1 aromatic carbocycles. The van der Waals surface area contributed by atoms with Gasteiger partial charge in [0.2, 0.25) is 5.79 Å². The number of aromatic nitrogens is 2. The van der Waals surface area contributed by atoms with E-state index in [0.717, 1.165) is 43.3 Å². The zero-order valence-electron chi connectivity index (χ0n) is 15.8. The third kappa shape index (κ3) is 3.36. The summed E-state index contributed by atoms with van der Waals surface area (Å²) in [7, 11) is 0. The van der Waals surface area contributed by atoms with Crippen LogP contribution in [-0.4, -0.2) is 45.7 Å². The predicted octanol–water partition coefficient (Wildman–Crippen LogP) is 2.98. The van der Waals surface area contributed by atoms with Crippen LogP contribution in [0.3, 0.4) is 0 Å². The molecular weight excluding hydrogens is 356 g/mol. The quantitative estimate of drug-likeness (QED) is 0.882. The van der Waals surface area contributed by atoms with Crippen molar-refractivity contribution >= 4 is 11.6 Å². The lowest BCUT2D eigenvalue weighted by atomic mass is 9.89. The molecule has 1 spiro atoms. The van der Waals surface area contributed by atoms with E-state index in [2.05, 4.69) is 20.2 Å². The number of benzene rings is 1. The summed E-state index contributed by atoms with van der Waals surface area (Å²) in [5.74, 6) is 0.0853. The molecule has 7 heteroatoms. The molecule has 0 atom stereocenters. The van der Waals surface area contributed by atoms with Crippen molar-refractivity contribution in [3.05, 3.63) is 48.0 Å². The van der Waals surface area contributed by atoms with Crippen LogP contribution in [0.25, 0.3) is 0 Å². The van der Waals surface area contributed by atoms with E-state index in [-0.39, 0.29) is 5.91 Å². The van der Waals surface area contributed by atoms with Gasteiger partial charge in [0, 0.05) is 49.4 Å². The number of nitrogens with zero attached hydrogens (tertiary/aromatic N) is 3. The molecule has 0 unspecified atom stereocenters. The maximum atomic E-state index is 12.3. The van der Waals surface area contributed by atoms with Gasteiger partial charge in [0.25, 0.3) is 5.91 Å². The molecule has 2 aromatic rings. The second-order valence-corrected chi connectivity index (χ2v) is 7.79. The standard InChI is InChI=1S/C21H24N4O3/c26-20(18-6-9-22-14-23-18)24-16-4-5-19-15(12-16)13-27-21(28-19)7-10-25(11-8-21)17-2-1-3-17/h4-6,9,12,14,17H,1-3,7-8,10-11,13H2,(H,24,26). The zero-order valence-corrected chi connectivity index (χ0v) is 15.8. The van der Waals surface area contributed by atoms with E-state index in [1.165, 1.54) is 25.6 Å². The molecule has 3 heterocycles. The highest BCUT2D eigenvalue weighted by Crippen LogP contribution is 2.40. The summed E-state index contributed by atoms with van der Waals surface area (Å²) in [5.41, 5.74) is 1.98. The van der Waals surface area contributed by atoms with Crippen LogP contribution in [0.2, 0.25) is 0 Å². The summed E-state index contributed by atoms with van der Waals surface area (Å²) in [6.45, 7) is 2.57. The highest BCUT2D eigenvalue weighted by Gasteiger charge is 2.42. The van der Waals surface area contributed by atoms with Gasteiger partial charge in [0.15, 0.2) is 0 Å². The van der Waals surface area contributed by atoms with Gasteiger partial charge in [-0.2, -0.15) is 0 Å². The summed E-state index contributed by atoms with van der Waals surface area (Å²) in [6.07, 6.45) is 8.74. The number of likely N-dealkylation sites (tertiary alicyclic amines) is 1. The Labute approximate surface area is 164 Å². The first kappa shape index (κ1) is 17.6. The fourth-order valence-electron chi connectivity index (χ4n) is 4.16.